The number of nitrogen functional groups attached to an aromatic ring is 1. The predicted octanol–water partition coefficient (Wildman–Crippen LogP) is 2.98. The van der Waals surface area contributed by atoms with E-state index in [0.29, 0.717) is 0 Å². The lowest BCUT2D eigenvalue weighted by atomic mass is 10.2. The van der Waals surface area contributed by atoms with Crippen LogP contribution in [-0.4, -0.2) is 27.4 Å². The molecule has 0 fully saturated rings. The first kappa shape index (κ1) is 14.6. The second kappa shape index (κ2) is 6.62. The van der Waals surface area contributed by atoms with Gasteiger partial charge in [0, 0.05) is 37.6 Å². The minimum atomic E-state index is 0.760. The van der Waals surface area contributed by atoms with Gasteiger partial charge in [-0.05, 0) is 24.2 Å². The zero-order valence-corrected chi connectivity index (χ0v) is 12.9. The maximum atomic E-state index is 5.81. The first-order chi connectivity index (χ1) is 10.7. The molecule has 0 aliphatic heterocycles. The summed E-state index contributed by atoms with van der Waals surface area (Å²) in [6.07, 6.45) is 4.93. The van der Waals surface area contributed by atoms with Gasteiger partial charge in [0.25, 0.3) is 0 Å². The Balaban J connectivity index is 1.64. The molecule has 0 saturated heterocycles. The minimum Gasteiger partial charge on any atom is -0.398 e. The second-order valence-electron chi connectivity index (χ2n) is 5.56. The van der Waals surface area contributed by atoms with Gasteiger partial charge in [0.05, 0.1) is 5.69 Å². The van der Waals surface area contributed by atoms with Crippen LogP contribution in [0.1, 0.15) is 18.2 Å². The molecule has 2 aromatic heterocycles. The van der Waals surface area contributed by atoms with Crippen LogP contribution in [0.25, 0.3) is 5.65 Å². The van der Waals surface area contributed by atoms with Gasteiger partial charge in [-0.15, -0.1) is 0 Å². The van der Waals surface area contributed by atoms with Crippen LogP contribution in [0, 0.1) is 0 Å². The van der Waals surface area contributed by atoms with E-state index in [1.165, 1.54) is 5.56 Å². The average Bonchev–Trinajstić information content (AvgIpc) is 2.94. The highest BCUT2D eigenvalue weighted by molar-refractivity contribution is 5.48. The van der Waals surface area contributed by atoms with Gasteiger partial charge in [-0.25, -0.2) is 4.98 Å². The van der Waals surface area contributed by atoms with Crippen molar-refractivity contribution in [2.75, 3.05) is 18.8 Å². The van der Waals surface area contributed by atoms with E-state index in [1.54, 1.807) is 0 Å². The molecule has 4 heteroatoms. The van der Waals surface area contributed by atoms with Gasteiger partial charge in [-0.3, -0.25) is 4.90 Å². The molecule has 3 aromatic rings. The van der Waals surface area contributed by atoms with Crippen LogP contribution in [0.3, 0.4) is 0 Å². The fourth-order valence-corrected chi connectivity index (χ4v) is 2.65. The third-order valence-electron chi connectivity index (χ3n) is 3.90. The van der Waals surface area contributed by atoms with Crippen molar-refractivity contribution in [3.8, 4) is 0 Å². The Bertz CT molecular complexity index is 733. The summed E-state index contributed by atoms with van der Waals surface area (Å²) in [5, 5.41) is 0. The van der Waals surface area contributed by atoms with Crippen molar-refractivity contribution in [3.63, 3.8) is 0 Å². The summed E-state index contributed by atoms with van der Waals surface area (Å²) in [5.74, 6) is 0. The lowest BCUT2D eigenvalue weighted by Gasteiger charge is -2.19. The molecule has 0 aliphatic rings. The van der Waals surface area contributed by atoms with Crippen molar-refractivity contribution in [2.24, 2.45) is 0 Å². The molecule has 2 heterocycles. The normalized spacial score (nSPS) is 11.4. The average molecular weight is 294 g/mol. The molecule has 0 bridgehead atoms. The van der Waals surface area contributed by atoms with Crippen molar-refractivity contribution in [1.82, 2.24) is 14.3 Å². The highest BCUT2D eigenvalue weighted by Crippen LogP contribution is 2.11. The van der Waals surface area contributed by atoms with Crippen molar-refractivity contribution in [2.45, 2.75) is 19.9 Å². The van der Waals surface area contributed by atoms with Crippen LogP contribution in [0.15, 0.2) is 54.9 Å². The third-order valence-corrected chi connectivity index (χ3v) is 3.90. The lowest BCUT2D eigenvalue weighted by molar-refractivity contribution is 0.283. The number of imidazole rings is 1. The van der Waals surface area contributed by atoms with Crippen LogP contribution in [-0.2, 0) is 13.0 Å². The van der Waals surface area contributed by atoms with Gasteiger partial charge >= 0.3 is 0 Å². The molecule has 0 atom stereocenters. The number of hydrogen-bond donors (Lipinski definition) is 1. The van der Waals surface area contributed by atoms with E-state index >= 15 is 0 Å². The highest BCUT2D eigenvalue weighted by atomic mass is 15.1. The fourth-order valence-electron chi connectivity index (χ4n) is 2.65. The topological polar surface area (TPSA) is 46.6 Å². The molecule has 1 aromatic carbocycles. The van der Waals surface area contributed by atoms with Crippen LogP contribution in [0.2, 0.25) is 0 Å². The standard InChI is InChI=1S/C18H22N4/c1-2-21(12-15-6-4-3-5-7-15)11-10-17-14-22-13-16(19)8-9-18(22)20-17/h3-9,13-14H,2,10-12,19H2,1H3. The second-order valence-corrected chi connectivity index (χ2v) is 5.56. The summed E-state index contributed by atoms with van der Waals surface area (Å²) in [6.45, 7) is 5.23. The smallest absolute Gasteiger partial charge is 0.137 e. The number of nitrogens with two attached hydrogens (primary N) is 1. The number of likely N-dealkylation sites (N-methyl/N-ethyl adjacent to an activating group) is 1. The van der Waals surface area contributed by atoms with Crippen molar-refractivity contribution in [1.29, 1.82) is 0 Å². The zero-order chi connectivity index (χ0) is 15.4. The molecular formula is C18H22N4. The van der Waals surface area contributed by atoms with E-state index in [4.69, 9.17) is 5.73 Å². The predicted molar refractivity (Wildman–Crippen MR) is 90.7 cm³/mol. The van der Waals surface area contributed by atoms with Gasteiger partial charge in [0.2, 0.25) is 0 Å². The number of fused-ring (bicyclic) bond motifs is 1. The van der Waals surface area contributed by atoms with E-state index in [1.807, 2.05) is 22.7 Å². The summed E-state index contributed by atoms with van der Waals surface area (Å²) >= 11 is 0. The van der Waals surface area contributed by atoms with Crippen molar-refractivity contribution >= 4 is 11.3 Å². The molecule has 0 radical (unpaired) electrons. The van der Waals surface area contributed by atoms with Crippen LogP contribution in [0.5, 0.6) is 0 Å². The maximum absolute atomic E-state index is 5.81. The summed E-state index contributed by atoms with van der Waals surface area (Å²) in [5.41, 5.74) is 9.98. The van der Waals surface area contributed by atoms with E-state index in [2.05, 4.69) is 53.3 Å². The Hall–Kier alpha value is -2.33. The Morgan fingerprint density at radius 1 is 1.09 bits per heavy atom. The molecular weight excluding hydrogens is 272 g/mol. The quantitative estimate of drug-likeness (QED) is 0.760. The number of aromatic nitrogens is 2. The molecule has 0 aliphatic carbocycles. The van der Waals surface area contributed by atoms with Crippen LogP contribution < -0.4 is 5.73 Å². The number of benzene rings is 1. The number of anilines is 1. The molecule has 4 nitrogen and oxygen atoms in total. The fraction of sp³-hybridized carbons (Fsp3) is 0.278. The SMILES string of the molecule is CCN(CCc1cn2cc(N)ccc2n1)Cc1ccccc1. The molecule has 3 rings (SSSR count). The molecule has 0 amide bonds. The largest absolute Gasteiger partial charge is 0.398 e. The molecule has 22 heavy (non-hydrogen) atoms. The summed E-state index contributed by atoms with van der Waals surface area (Å²) in [7, 11) is 0. The maximum Gasteiger partial charge on any atom is 0.137 e. The molecule has 0 unspecified atom stereocenters. The first-order valence-electron chi connectivity index (χ1n) is 7.74. The number of rotatable bonds is 6. The van der Waals surface area contributed by atoms with Crippen molar-refractivity contribution < 1.29 is 0 Å². The third kappa shape index (κ3) is 3.46. The van der Waals surface area contributed by atoms with Gasteiger partial charge in [-0.1, -0.05) is 37.3 Å². The number of hydrogen-bond acceptors (Lipinski definition) is 3. The summed E-state index contributed by atoms with van der Waals surface area (Å²) in [6, 6.07) is 14.4. The molecule has 114 valence electrons. The summed E-state index contributed by atoms with van der Waals surface area (Å²) < 4.78 is 2.00. The van der Waals surface area contributed by atoms with Gasteiger partial charge in [0.1, 0.15) is 5.65 Å². The highest BCUT2D eigenvalue weighted by Gasteiger charge is 2.07. The zero-order valence-electron chi connectivity index (χ0n) is 12.9. The lowest BCUT2D eigenvalue weighted by Crippen LogP contribution is -2.25. The van der Waals surface area contributed by atoms with E-state index < -0.39 is 0 Å². The van der Waals surface area contributed by atoms with E-state index in [-0.39, 0.29) is 0 Å². The van der Waals surface area contributed by atoms with Crippen LogP contribution in [0.4, 0.5) is 5.69 Å². The Kier molecular flexibility index (Phi) is 4.39. The minimum absolute atomic E-state index is 0.760. The van der Waals surface area contributed by atoms with Gasteiger partial charge in [-0.2, -0.15) is 0 Å². The molecule has 0 saturated carbocycles. The van der Waals surface area contributed by atoms with Gasteiger partial charge in [0.15, 0.2) is 0 Å². The molecule has 0 spiro atoms. The Morgan fingerprint density at radius 2 is 1.91 bits per heavy atom. The van der Waals surface area contributed by atoms with E-state index in [0.717, 1.165) is 43.1 Å². The monoisotopic (exact) mass is 294 g/mol. The Labute approximate surface area is 131 Å². The first-order valence-corrected chi connectivity index (χ1v) is 7.74. The van der Waals surface area contributed by atoms with Gasteiger partial charge < -0.3 is 10.1 Å². The molecule has 2 N–H and O–H groups in total. The number of pyridine rings is 1. The Morgan fingerprint density at radius 3 is 2.68 bits per heavy atom. The number of nitrogens with zero attached hydrogens (tertiary/aromatic N) is 3. The van der Waals surface area contributed by atoms with Crippen LogP contribution >= 0.6 is 0 Å². The summed E-state index contributed by atoms with van der Waals surface area (Å²) in [4.78, 5) is 7.09. The van der Waals surface area contributed by atoms with E-state index in [9.17, 15) is 0 Å². The van der Waals surface area contributed by atoms with Crippen molar-refractivity contribution in [3.05, 3.63) is 66.1 Å².